The lowest BCUT2D eigenvalue weighted by Gasteiger charge is -2.08. The van der Waals surface area contributed by atoms with E-state index in [4.69, 9.17) is 11.6 Å². The highest BCUT2D eigenvalue weighted by molar-refractivity contribution is 6.32. The average Bonchev–Trinajstić information content (AvgIpc) is 2.83. The van der Waals surface area contributed by atoms with Crippen molar-refractivity contribution in [3.8, 4) is 5.82 Å². The van der Waals surface area contributed by atoms with E-state index in [0.29, 0.717) is 6.54 Å². The van der Waals surface area contributed by atoms with Crippen LogP contribution < -0.4 is 5.32 Å². The zero-order valence-corrected chi connectivity index (χ0v) is 11.3. The smallest absolute Gasteiger partial charge is 0.313 e. The predicted molar refractivity (Wildman–Crippen MR) is 68.8 cm³/mol. The molecule has 2 aromatic heterocycles. The summed E-state index contributed by atoms with van der Waals surface area (Å²) in [6.45, 7) is 3.40. The number of nitrogens with zero attached hydrogens (tertiary/aromatic N) is 3. The standard InChI is InChI=1S/C12H12ClF3N4/c1-2-17-4-8-5-19-20(7-8)11-10(13)3-9(6-18-11)12(14,15)16/h3,5-7,17H,2,4H2,1H3. The van der Waals surface area contributed by atoms with Gasteiger partial charge in [-0.3, -0.25) is 0 Å². The van der Waals surface area contributed by atoms with E-state index in [1.54, 1.807) is 12.4 Å². The zero-order valence-electron chi connectivity index (χ0n) is 10.6. The highest BCUT2D eigenvalue weighted by atomic mass is 35.5. The molecule has 4 nitrogen and oxygen atoms in total. The molecule has 2 rings (SSSR count). The second-order valence-electron chi connectivity index (χ2n) is 4.10. The second kappa shape index (κ2) is 5.80. The van der Waals surface area contributed by atoms with Crippen LogP contribution in [0.5, 0.6) is 0 Å². The molecule has 0 saturated heterocycles. The maximum atomic E-state index is 12.5. The minimum atomic E-state index is -4.46. The minimum Gasteiger partial charge on any atom is -0.313 e. The van der Waals surface area contributed by atoms with E-state index in [-0.39, 0.29) is 10.8 Å². The van der Waals surface area contributed by atoms with Crippen molar-refractivity contribution >= 4 is 11.6 Å². The molecule has 0 saturated carbocycles. The molecule has 0 bridgehead atoms. The first-order chi connectivity index (χ1) is 9.41. The van der Waals surface area contributed by atoms with Gasteiger partial charge in [0.1, 0.15) is 0 Å². The van der Waals surface area contributed by atoms with Crippen molar-refractivity contribution in [3.05, 3.63) is 40.8 Å². The Kier molecular flexibility index (Phi) is 4.29. The van der Waals surface area contributed by atoms with Gasteiger partial charge in [-0.2, -0.15) is 18.3 Å². The van der Waals surface area contributed by atoms with Crippen LogP contribution in [0.25, 0.3) is 5.82 Å². The number of pyridine rings is 1. The molecular formula is C12H12ClF3N4. The third kappa shape index (κ3) is 3.29. The molecule has 2 aromatic rings. The fourth-order valence-corrected chi connectivity index (χ4v) is 1.84. The van der Waals surface area contributed by atoms with Gasteiger partial charge in [0, 0.05) is 24.5 Å². The van der Waals surface area contributed by atoms with Crippen LogP contribution in [0, 0.1) is 0 Å². The van der Waals surface area contributed by atoms with Crippen LogP contribution in [0.3, 0.4) is 0 Å². The molecule has 0 aliphatic rings. The Morgan fingerprint density at radius 2 is 2.10 bits per heavy atom. The van der Waals surface area contributed by atoms with E-state index >= 15 is 0 Å². The molecule has 0 radical (unpaired) electrons. The molecule has 0 aliphatic carbocycles. The Morgan fingerprint density at radius 1 is 1.35 bits per heavy atom. The zero-order chi connectivity index (χ0) is 14.8. The minimum absolute atomic E-state index is 0.0991. The van der Waals surface area contributed by atoms with Crippen molar-refractivity contribution in [2.45, 2.75) is 19.6 Å². The van der Waals surface area contributed by atoms with Gasteiger partial charge in [-0.15, -0.1) is 0 Å². The molecule has 1 N–H and O–H groups in total. The lowest BCUT2D eigenvalue weighted by molar-refractivity contribution is -0.137. The fourth-order valence-electron chi connectivity index (χ4n) is 1.59. The number of nitrogens with one attached hydrogen (secondary N) is 1. The summed E-state index contributed by atoms with van der Waals surface area (Å²) in [6.07, 6.45) is -0.440. The highest BCUT2D eigenvalue weighted by Crippen LogP contribution is 2.31. The van der Waals surface area contributed by atoms with Gasteiger partial charge in [0.2, 0.25) is 0 Å². The summed E-state index contributed by atoms with van der Waals surface area (Å²) in [5.74, 6) is 0.169. The van der Waals surface area contributed by atoms with E-state index in [0.717, 1.165) is 24.4 Å². The van der Waals surface area contributed by atoms with Crippen molar-refractivity contribution in [1.82, 2.24) is 20.1 Å². The summed E-state index contributed by atoms with van der Waals surface area (Å²) >= 11 is 5.84. The molecule has 8 heteroatoms. The molecule has 0 aromatic carbocycles. The number of aromatic nitrogens is 3. The first-order valence-electron chi connectivity index (χ1n) is 5.89. The fraction of sp³-hybridized carbons (Fsp3) is 0.333. The average molecular weight is 305 g/mol. The first kappa shape index (κ1) is 14.8. The maximum absolute atomic E-state index is 12.5. The number of halogens is 4. The summed E-state index contributed by atoms with van der Waals surface area (Å²) in [5, 5.41) is 7.06. The van der Waals surface area contributed by atoms with Gasteiger partial charge in [-0.1, -0.05) is 18.5 Å². The SMILES string of the molecule is CCNCc1cnn(-c2ncc(C(F)(F)F)cc2Cl)c1. The van der Waals surface area contributed by atoms with Gasteiger partial charge < -0.3 is 5.32 Å². The summed E-state index contributed by atoms with van der Waals surface area (Å²) in [4.78, 5) is 3.74. The van der Waals surface area contributed by atoms with Gasteiger partial charge in [0.15, 0.2) is 5.82 Å². The van der Waals surface area contributed by atoms with Crippen molar-refractivity contribution in [2.75, 3.05) is 6.54 Å². The Morgan fingerprint density at radius 3 is 2.70 bits per heavy atom. The van der Waals surface area contributed by atoms with Crippen molar-refractivity contribution in [3.63, 3.8) is 0 Å². The quantitative estimate of drug-likeness (QED) is 0.944. The largest absolute Gasteiger partial charge is 0.417 e. The van der Waals surface area contributed by atoms with Crippen LogP contribution in [0.15, 0.2) is 24.7 Å². The number of hydrogen-bond acceptors (Lipinski definition) is 3. The maximum Gasteiger partial charge on any atom is 0.417 e. The van der Waals surface area contributed by atoms with Crippen LogP contribution in [0.1, 0.15) is 18.1 Å². The van der Waals surface area contributed by atoms with Gasteiger partial charge in [0.25, 0.3) is 0 Å². The normalized spacial score (nSPS) is 11.8. The molecule has 0 atom stereocenters. The highest BCUT2D eigenvalue weighted by Gasteiger charge is 2.31. The number of alkyl halides is 3. The van der Waals surface area contributed by atoms with E-state index in [1.807, 2.05) is 6.92 Å². The molecule has 108 valence electrons. The lowest BCUT2D eigenvalue weighted by atomic mass is 10.3. The Labute approximate surface area is 118 Å². The van der Waals surface area contributed by atoms with Gasteiger partial charge in [0.05, 0.1) is 16.8 Å². The summed E-state index contributed by atoms with van der Waals surface area (Å²) in [7, 11) is 0. The van der Waals surface area contributed by atoms with E-state index < -0.39 is 11.7 Å². The summed E-state index contributed by atoms with van der Waals surface area (Å²) in [6, 6.07) is 0.843. The molecule has 0 amide bonds. The predicted octanol–water partition coefficient (Wildman–Crippen LogP) is 3.05. The topological polar surface area (TPSA) is 42.7 Å². The number of rotatable bonds is 4. The van der Waals surface area contributed by atoms with Gasteiger partial charge in [-0.25, -0.2) is 9.67 Å². The van der Waals surface area contributed by atoms with Crippen molar-refractivity contribution in [1.29, 1.82) is 0 Å². The van der Waals surface area contributed by atoms with E-state index in [2.05, 4.69) is 15.4 Å². The molecule has 0 aliphatic heterocycles. The van der Waals surface area contributed by atoms with Crippen LogP contribution in [-0.2, 0) is 12.7 Å². The van der Waals surface area contributed by atoms with Crippen LogP contribution in [0.4, 0.5) is 13.2 Å². The van der Waals surface area contributed by atoms with Crippen molar-refractivity contribution in [2.24, 2.45) is 0 Å². The van der Waals surface area contributed by atoms with Crippen LogP contribution in [0.2, 0.25) is 5.02 Å². The molecule has 0 unspecified atom stereocenters. The van der Waals surface area contributed by atoms with Crippen LogP contribution >= 0.6 is 11.6 Å². The summed E-state index contributed by atoms with van der Waals surface area (Å²) in [5.41, 5.74) is 0.0101. The summed E-state index contributed by atoms with van der Waals surface area (Å²) < 4.78 is 38.9. The number of hydrogen-bond donors (Lipinski definition) is 1. The van der Waals surface area contributed by atoms with Crippen LogP contribution in [-0.4, -0.2) is 21.3 Å². The third-order valence-corrected chi connectivity index (χ3v) is 2.86. The van der Waals surface area contributed by atoms with E-state index in [9.17, 15) is 13.2 Å². The molecule has 2 heterocycles. The molecular weight excluding hydrogens is 293 g/mol. The molecule has 0 spiro atoms. The second-order valence-corrected chi connectivity index (χ2v) is 4.51. The lowest BCUT2D eigenvalue weighted by Crippen LogP contribution is -2.11. The Hall–Kier alpha value is -1.60. The van der Waals surface area contributed by atoms with E-state index in [1.165, 1.54) is 4.68 Å². The Balaban J connectivity index is 2.27. The monoisotopic (exact) mass is 304 g/mol. The van der Waals surface area contributed by atoms with Crippen molar-refractivity contribution < 1.29 is 13.2 Å². The Bertz CT molecular complexity index is 595. The first-order valence-corrected chi connectivity index (χ1v) is 6.27. The molecule has 0 fully saturated rings. The van der Waals surface area contributed by atoms with Gasteiger partial charge in [-0.05, 0) is 12.6 Å². The van der Waals surface area contributed by atoms with Gasteiger partial charge >= 0.3 is 6.18 Å². The third-order valence-electron chi connectivity index (χ3n) is 2.58. The molecule has 20 heavy (non-hydrogen) atoms.